The van der Waals surface area contributed by atoms with Gasteiger partial charge < -0.3 is 36.7 Å². The van der Waals surface area contributed by atoms with E-state index in [2.05, 4.69) is 0 Å². The number of hydrogen-bond acceptors (Lipinski definition) is 8. The molecule has 1 aliphatic heterocycles. The Kier molecular flexibility index (Phi) is 33.3. The maximum Gasteiger partial charge on any atom is 0.431 e. The zero-order valence-corrected chi connectivity index (χ0v) is 38.0. The van der Waals surface area contributed by atoms with Crippen LogP contribution in [0.3, 0.4) is 0 Å². The molecule has 0 spiro atoms. The van der Waals surface area contributed by atoms with Crippen molar-refractivity contribution in [3.05, 3.63) is 0 Å². The molecule has 0 aliphatic carbocycles. The van der Waals surface area contributed by atoms with Crippen molar-refractivity contribution >= 4 is 46.9 Å². The van der Waals surface area contributed by atoms with Crippen molar-refractivity contribution in [1.29, 1.82) is 5.26 Å². The molecule has 0 aromatic heterocycles. The van der Waals surface area contributed by atoms with E-state index in [9.17, 15) is 97.3 Å². The third-order valence-electron chi connectivity index (χ3n) is 6.82. The molecule has 0 amide bonds. The Labute approximate surface area is 374 Å². The number of ether oxygens (including phenoxy) is 1. The normalized spacial score (nSPS) is 16.3. The highest BCUT2D eigenvalue weighted by Gasteiger charge is 2.73. The van der Waals surface area contributed by atoms with Crippen molar-refractivity contribution in [3.8, 4) is 6.07 Å². The Morgan fingerprint density at radius 3 is 1.06 bits per heavy atom. The second-order valence-corrected chi connectivity index (χ2v) is 17.5. The molecule has 0 aromatic carbocycles. The summed E-state index contributed by atoms with van der Waals surface area (Å²) in [6, 6.07) is 1.75. The third-order valence-corrected chi connectivity index (χ3v) is 10.4. The topological polar surface area (TPSA) is 80.0 Å². The van der Waals surface area contributed by atoms with E-state index < -0.39 is 103 Å². The lowest BCUT2D eigenvalue weighted by Crippen LogP contribution is -3.00. The molecule has 3 unspecified atom stereocenters. The Bertz CT molecular complexity index is 1200. The van der Waals surface area contributed by atoms with Gasteiger partial charge in [-0.05, 0) is 38.4 Å². The average Bonchev–Trinajstić information content (AvgIpc) is 3.88. The number of quaternary nitrogens is 1. The first-order valence-corrected chi connectivity index (χ1v) is 20.8. The van der Waals surface area contributed by atoms with Crippen molar-refractivity contribution in [3.63, 3.8) is 0 Å². The zero-order valence-electron chi connectivity index (χ0n) is 34.1. The molecular weight excluding hydrogens is 1030 g/mol. The van der Waals surface area contributed by atoms with Gasteiger partial charge in [0, 0.05) is 43.6 Å². The number of rotatable bonds is 17. The Hall–Kier alpha value is -0.550. The molecule has 1 heterocycles. The second-order valence-electron chi connectivity index (χ2n) is 13.8. The maximum absolute atomic E-state index is 13.2. The third kappa shape index (κ3) is 27.8. The van der Waals surface area contributed by atoms with Crippen LogP contribution in [0.4, 0.5) is 92.2 Å². The Morgan fingerprint density at radius 1 is 0.619 bits per heavy atom. The summed E-state index contributed by atoms with van der Waals surface area (Å²) in [5.74, 6) is -2.16. The second kappa shape index (κ2) is 29.4. The molecule has 0 saturated carbocycles. The molecule has 1 rings (SSSR count). The fraction of sp³-hybridized carbons (Fsp3) is 0.968. The lowest BCUT2D eigenvalue weighted by molar-refractivity contribution is -0.915. The highest BCUT2D eigenvalue weighted by Crippen LogP contribution is 2.51. The minimum Gasteiger partial charge on any atom is -1.00 e. The molecule has 3 atom stereocenters. The number of alkyl halides is 22. The van der Waals surface area contributed by atoms with E-state index >= 15 is 0 Å². The number of aliphatic hydroxyl groups excluding tert-OH is 2. The molecule has 2 N–H and O–H groups in total. The Morgan fingerprint density at radius 2 is 0.857 bits per heavy atom. The lowest BCUT2D eigenvalue weighted by atomic mass is 10.0. The number of thioether (sulfide) groups is 3. The lowest BCUT2D eigenvalue weighted by Gasteiger charge is -2.31. The van der Waals surface area contributed by atoms with Gasteiger partial charge in [-0.25, -0.2) is 13.2 Å². The van der Waals surface area contributed by atoms with Crippen LogP contribution in [0.2, 0.25) is 0 Å². The summed E-state index contributed by atoms with van der Waals surface area (Å²) >= 11 is 7.20. The van der Waals surface area contributed by atoms with Crippen LogP contribution in [0.15, 0.2) is 0 Å². The first-order chi connectivity index (χ1) is 27.3. The molecule has 1 aliphatic rings. The van der Waals surface area contributed by atoms with Gasteiger partial charge in [0.1, 0.15) is 0 Å². The number of aliphatic hydroxyl groups is 2. The van der Waals surface area contributed by atoms with Crippen LogP contribution in [-0.2, 0) is 4.74 Å². The van der Waals surface area contributed by atoms with E-state index in [4.69, 9.17) is 26.7 Å². The first kappa shape index (κ1) is 71.4. The summed E-state index contributed by atoms with van der Waals surface area (Å²) in [7, 11) is 10.8. The molecule has 32 heteroatoms. The molecule has 1 fully saturated rings. The monoisotopic (exact) mass is 1080 g/mol. The molecule has 1 saturated heterocycles. The van der Waals surface area contributed by atoms with E-state index in [1.807, 2.05) is 26.0 Å². The number of hydrogen-bond donors (Lipinski definition) is 2. The van der Waals surface area contributed by atoms with Gasteiger partial charge in [-0.3, -0.25) is 0 Å². The van der Waals surface area contributed by atoms with E-state index in [1.54, 1.807) is 27.2 Å². The van der Waals surface area contributed by atoms with E-state index in [1.165, 1.54) is 6.92 Å². The van der Waals surface area contributed by atoms with Crippen LogP contribution in [-0.4, -0.2) is 181 Å². The highest BCUT2D eigenvalue weighted by molar-refractivity contribution is 7.99. The predicted octanol–water partition coefficient (Wildman–Crippen LogP) is 7.56. The first-order valence-electron chi connectivity index (χ1n) is 16.8. The number of halogens is 23. The molecule has 63 heavy (non-hydrogen) atoms. The van der Waals surface area contributed by atoms with Crippen LogP contribution in [0.5, 0.6) is 0 Å². The van der Waals surface area contributed by atoms with Crippen molar-refractivity contribution in [2.24, 2.45) is 0 Å². The fourth-order valence-electron chi connectivity index (χ4n) is 3.03. The van der Waals surface area contributed by atoms with Gasteiger partial charge in [0.25, 0.3) is 17.0 Å². The summed E-state index contributed by atoms with van der Waals surface area (Å²) in [6.07, 6.45) is -43.2. The van der Waals surface area contributed by atoms with Gasteiger partial charge in [-0.2, -0.15) is 120 Å². The average molecular weight is 1080 g/mol. The Balaban J connectivity index is -0.000000246. The summed E-state index contributed by atoms with van der Waals surface area (Å²) < 4.78 is 262. The van der Waals surface area contributed by atoms with E-state index in [0.717, 1.165) is 11.8 Å². The van der Waals surface area contributed by atoms with Gasteiger partial charge in [-0.15, -0.1) is 11.6 Å². The van der Waals surface area contributed by atoms with Crippen molar-refractivity contribution < 1.29 is 124 Å². The van der Waals surface area contributed by atoms with Crippen LogP contribution >= 0.6 is 46.9 Å². The van der Waals surface area contributed by atoms with Crippen LogP contribution < -0.4 is 12.4 Å². The zero-order chi connectivity index (χ0) is 50.6. The van der Waals surface area contributed by atoms with Gasteiger partial charge in [-0.1, -0.05) is 0 Å². The molecular formula is C31H48Cl2F21N3O3S3. The number of nitrogens with zero attached hydrogens (tertiary/aromatic N) is 3. The predicted molar refractivity (Wildman–Crippen MR) is 195 cm³/mol. The minimum absolute atomic E-state index is 0. The molecule has 384 valence electrons. The highest BCUT2D eigenvalue weighted by atomic mass is 35.5. The quantitative estimate of drug-likeness (QED) is 0.0387. The smallest absolute Gasteiger partial charge is 0.431 e. The van der Waals surface area contributed by atoms with Crippen LogP contribution in [0.1, 0.15) is 26.2 Å². The van der Waals surface area contributed by atoms with Crippen molar-refractivity contribution in [2.45, 2.75) is 98.7 Å². The van der Waals surface area contributed by atoms with Gasteiger partial charge in [0.05, 0.1) is 51.8 Å². The fourth-order valence-corrected chi connectivity index (χ4v) is 6.54. The van der Waals surface area contributed by atoms with Crippen molar-refractivity contribution in [2.75, 3.05) is 89.3 Å². The largest absolute Gasteiger partial charge is 1.00 e. The standard InChI is InChI=1S/C10H17F7NOS.C8H10ClF7OS.C8H9F7OS.C3H9N.C2H3N.ClH/c1-18(2,3)7(19)6-20-5-4-8(11,9(12,13)14)10(15,16)17;9-3-5(17)4-18-2-1-6(10,7(11,12)13)8(14,15)16;9-6(7(10,11)12,8(13,14)15)1-2-17-4-5-3-16-5;1-4(2)3;1-2-3;/h7,19H,4-6H2,1-3H3;5,17H,1-4H2;5H,1-4H2;1-3H3;1H3;1H/q+1;;;;;/p-1. The van der Waals surface area contributed by atoms with Crippen molar-refractivity contribution in [1.82, 2.24) is 4.90 Å². The summed E-state index contributed by atoms with van der Waals surface area (Å²) in [6.45, 7) is 1.88. The SMILES string of the molecule is CC#N.CN(C)C.C[N+](C)(C)C(O)CSCCC(F)(C(F)(F)F)C(F)(F)F.FC(F)(F)C(F)(CCSCC1CO1)C(F)(F)F.OC(CCl)CSCCC(F)(C(F)(F)F)C(F)(F)F.[Cl-]. The number of nitriles is 1. The summed E-state index contributed by atoms with van der Waals surface area (Å²) in [5, 5.41) is 25.8. The number of epoxide rings is 1. The molecule has 6 nitrogen and oxygen atoms in total. The summed E-state index contributed by atoms with van der Waals surface area (Å²) in [5.41, 5.74) is -15.6. The van der Waals surface area contributed by atoms with Crippen LogP contribution in [0.25, 0.3) is 0 Å². The summed E-state index contributed by atoms with van der Waals surface area (Å²) in [4.78, 5) is 2.00. The van der Waals surface area contributed by atoms with Gasteiger partial charge >= 0.3 is 37.1 Å². The minimum atomic E-state index is -6.02. The molecule has 0 aromatic rings. The molecule has 0 radical (unpaired) electrons. The molecule has 0 bridgehead atoms. The van der Waals surface area contributed by atoms with Crippen LogP contribution in [0, 0.1) is 11.3 Å². The van der Waals surface area contributed by atoms with Gasteiger partial charge in [0.2, 0.25) is 0 Å². The van der Waals surface area contributed by atoms with Gasteiger partial charge in [0.15, 0.2) is 6.23 Å². The van der Waals surface area contributed by atoms with E-state index in [-0.39, 0.29) is 46.1 Å². The van der Waals surface area contributed by atoms with E-state index in [0.29, 0.717) is 30.1 Å². The maximum atomic E-state index is 13.2.